The van der Waals surface area contributed by atoms with Crippen molar-refractivity contribution in [3.63, 3.8) is 0 Å². The van der Waals surface area contributed by atoms with Crippen molar-refractivity contribution >= 4 is 11.9 Å². The van der Waals surface area contributed by atoms with Gasteiger partial charge in [-0.3, -0.25) is 4.79 Å². The van der Waals surface area contributed by atoms with Crippen LogP contribution in [0.3, 0.4) is 0 Å². The van der Waals surface area contributed by atoms with Gasteiger partial charge in [-0.05, 0) is 13.8 Å². The Kier molecular flexibility index (Phi) is 5.35. The lowest BCUT2D eigenvalue weighted by Gasteiger charge is -2.37. The van der Waals surface area contributed by atoms with Crippen molar-refractivity contribution in [2.24, 2.45) is 0 Å². The van der Waals surface area contributed by atoms with Crippen LogP contribution >= 0.6 is 0 Å². The zero-order chi connectivity index (χ0) is 16.1. The van der Waals surface area contributed by atoms with Gasteiger partial charge in [-0.25, -0.2) is 4.79 Å². The number of amides is 3. The number of nitrogens with zero attached hydrogens (tertiary/aromatic N) is 5. The maximum atomic E-state index is 12.2. The van der Waals surface area contributed by atoms with Gasteiger partial charge in [-0.15, -0.1) is 10.2 Å². The van der Waals surface area contributed by atoms with Gasteiger partial charge in [-0.2, -0.15) is 0 Å². The standard InChI is InChI=1S/C14H23N5O3/c1-4-17(5-2)14(21)19-8-6-18(7-9-19)13(20)10-12-16-15-11(3)22-12/h4-10H2,1-3H3. The highest BCUT2D eigenvalue weighted by Crippen LogP contribution is 2.08. The first-order valence-electron chi connectivity index (χ1n) is 7.65. The van der Waals surface area contributed by atoms with Crippen LogP contribution in [0.2, 0.25) is 0 Å². The summed E-state index contributed by atoms with van der Waals surface area (Å²) in [6.07, 6.45) is 0.116. The predicted molar refractivity (Wildman–Crippen MR) is 79.2 cm³/mol. The summed E-state index contributed by atoms with van der Waals surface area (Å²) in [6.45, 7) is 9.22. The number of rotatable bonds is 4. The number of piperazine rings is 1. The van der Waals surface area contributed by atoms with E-state index in [2.05, 4.69) is 10.2 Å². The molecule has 8 heteroatoms. The maximum Gasteiger partial charge on any atom is 0.320 e. The molecule has 0 radical (unpaired) electrons. The summed E-state index contributed by atoms with van der Waals surface area (Å²) in [7, 11) is 0. The summed E-state index contributed by atoms with van der Waals surface area (Å²) in [6, 6.07) is 0.0459. The maximum absolute atomic E-state index is 12.2. The first-order chi connectivity index (χ1) is 10.5. The molecule has 1 saturated heterocycles. The topological polar surface area (TPSA) is 82.8 Å². The van der Waals surface area contributed by atoms with Crippen molar-refractivity contribution in [3.05, 3.63) is 11.8 Å². The number of hydrogen-bond donors (Lipinski definition) is 0. The summed E-state index contributed by atoms with van der Waals surface area (Å²) in [4.78, 5) is 29.8. The van der Waals surface area contributed by atoms with Crippen LogP contribution in [0.1, 0.15) is 25.6 Å². The molecule has 1 fully saturated rings. The molecule has 0 aromatic carbocycles. The first-order valence-corrected chi connectivity index (χ1v) is 7.65. The Morgan fingerprint density at radius 1 is 1.09 bits per heavy atom. The number of carbonyl (C=O) groups excluding carboxylic acids is 2. The Labute approximate surface area is 130 Å². The SMILES string of the molecule is CCN(CC)C(=O)N1CCN(C(=O)Cc2nnc(C)o2)CC1. The van der Waals surface area contributed by atoms with Crippen LogP contribution in [0, 0.1) is 6.92 Å². The highest BCUT2D eigenvalue weighted by molar-refractivity contribution is 5.79. The molecule has 3 amide bonds. The molecule has 1 aliphatic rings. The van der Waals surface area contributed by atoms with Crippen molar-refractivity contribution in [2.45, 2.75) is 27.2 Å². The van der Waals surface area contributed by atoms with Crippen LogP contribution in [0.15, 0.2) is 4.42 Å². The Balaban J connectivity index is 1.83. The fraction of sp³-hybridized carbons (Fsp3) is 0.714. The molecule has 0 atom stereocenters. The molecule has 1 aliphatic heterocycles. The van der Waals surface area contributed by atoms with Crippen molar-refractivity contribution < 1.29 is 14.0 Å². The summed E-state index contributed by atoms with van der Waals surface area (Å²) < 4.78 is 5.22. The quantitative estimate of drug-likeness (QED) is 0.810. The van der Waals surface area contributed by atoms with Gasteiger partial charge >= 0.3 is 6.03 Å². The van der Waals surface area contributed by atoms with Crippen molar-refractivity contribution in [1.29, 1.82) is 0 Å². The average molecular weight is 309 g/mol. The van der Waals surface area contributed by atoms with Crippen LogP contribution in [0.4, 0.5) is 4.79 Å². The molecule has 8 nitrogen and oxygen atoms in total. The summed E-state index contributed by atoms with van der Waals surface area (Å²) in [5, 5.41) is 7.55. The molecular formula is C14H23N5O3. The van der Waals surface area contributed by atoms with Gasteiger partial charge in [-0.1, -0.05) is 0 Å². The van der Waals surface area contributed by atoms with Crippen LogP contribution in [-0.2, 0) is 11.2 Å². The number of aryl methyl sites for hydroxylation is 1. The molecule has 0 aliphatic carbocycles. The van der Waals surface area contributed by atoms with E-state index in [1.807, 2.05) is 13.8 Å². The van der Waals surface area contributed by atoms with Crippen molar-refractivity contribution in [1.82, 2.24) is 24.9 Å². The zero-order valence-corrected chi connectivity index (χ0v) is 13.4. The second-order valence-corrected chi connectivity index (χ2v) is 5.21. The highest BCUT2D eigenvalue weighted by atomic mass is 16.4. The van der Waals surface area contributed by atoms with Crippen molar-refractivity contribution in [2.75, 3.05) is 39.3 Å². The zero-order valence-electron chi connectivity index (χ0n) is 13.4. The van der Waals surface area contributed by atoms with E-state index in [1.54, 1.807) is 21.6 Å². The largest absolute Gasteiger partial charge is 0.425 e. The number of urea groups is 1. The lowest BCUT2D eigenvalue weighted by molar-refractivity contribution is -0.132. The van der Waals surface area contributed by atoms with E-state index in [1.165, 1.54) is 0 Å². The molecule has 2 heterocycles. The van der Waals surface area contributed by atoms with Gasteiger partial charge in [0, 0.05) is 46.2 Å². The van der Waals surface area contributed by atoms with Gasteiger partial charge in [0.2, 0.25) is 17.7 Å². The van der Waals surface area contributed by atoms with E-state index >= 15 is 0 Å². The van der Waals surface area contributed by atoms with Gasteiger partial charge in [0.25, 0.3) is 0 Å². The fourth-order valence-corrected chi connectivity index (χ4v) is 2.49. The second-order valence-electron chi connectivity index (χ2n) is 5.21. The number of hydrogen-bond acceptors (Lipinski definition) is 5. The molecule has 0 unspecified atom stereocenters. The van der Waals surface area contributed by atoms with Crippen LogP contribution in [-0.4, -0.2) is 76.1 Å². The molecule has 2 rings (SSSR count). The van der Waals surface area contributed by atoms with E-state index in [-0.39, 0.29) is 18.4 Å². The number of aromatic nitrogens is 2. The van der Waals surface area contributed by atoms with Crippen molar-refractivity contribution in [3.8, 4) is 0 Å². The monoisotopic (exact) mass is 309 g/mol. The Bertz CT molecular complexity index is 518. The van der Waals surface area contributed by atoms with E-state index < -0.39 is 0 Å². The summed E-state index contributed by atoms with van der Waals surface area (Å²) in [5.41, 5.74) is 0. The van der Waals surface area contributed by atoms with Crippen LogP contribution < -0.4 is 0 Å². The third kappa shape index (κ3) is 3.75. The Morgan fingerprint density at radius 3 is 2.18 bits per heavy atom. The summed E-state index contributed by atoms with van der Waals surface area (Å²) in [5.74, 6) is 0.750. The van der Waals surface area contributed by atoms with E-state index in [9.17, 15) is 9.59 Å². The summed E-state index contributed by atoms with van der Waals surface area (Å²) >= 11 is 0. The van der Waals surface area contributed by atoms with Crippen LogP contribution in [0.25, 0.3) is 0 Å². The molecule has 122 valence electrons. The Morgan fingerprint density at radius 2 is 1.68 bits per heavy atom. The smallest absolute Gasteiger partial charge is 0.320 e. The highest BCUT2D eigenvalue weighted by Gasteiger charge is 2.26. The molecule has 0 N–H and O–H groups in total. The molecular weight excluding hydrogens is 286 g/mol. The van der Waals surface area contributed by atoms with E-state index in [0.717, 1.165) is 0 Å². The predicted octanol–water partition coefficient (Wildman–Crippen LogP) is 0.527. The van der Waals surface area contributed by atoms with Gasteiger partial charge < -0.3 is 19.1 Å². The minimum absolute atomic E-state index is 0.0430. The third-order valence-electron chi connectivity index (χ3n) is 3.81. The van der Waals surface area contributed by atoms with Gasteiger partial charge in [0.1, 0.15) is 6.42 Å². The minimum atomic E-state index is -0.0430. The van der Waals surface area contributed by atoms with Gasteiger partial charge in [0.15, 0.2) is 0 Å². The molecule has 0 bridgehead atoms. The number of carbonyl (C=O) groups is 2. The molecule has 22 heavy (non-hydrogen) atoms. The Hall–Kier alpha value is -2.12. The lowest BCUT2D eigenvalue weighted by atomic mass is 10.3. The van der Waals surface area contributed by atoms with Crippen LogP contribution in [0.5, 0.6) is 0 Å². The molecule has 0 spiro atoms. The molecule has 1 aromatic rings. The van der Waals surface area contributed by atoms with E-state index in [0.29, 0.717) is 51.0 Å². The first kappa shape index (κ1) is 16.3. The average Bonchev–Trinajstić information content (AvgIpc) is 2.93. The minimum Gasteiger partial charge on any atom is -0.425 e. The molecule has 0 saturated carbocycles. The lowest BCUT2D eigenvalue weighted by Crippen LogP contribution is -2.54. The third-order valence-corrected chi connectivity index (χ3v) is 3.81. The van der Waals surface area contributed by atoms with E-state index in [4.69, 9.17) is 4.42 Å². The van der Waals surface area contributed by atoms with Gasteiger partial charge in [0.05, 0.1) is 0 Å². The normalized spacial score (nSPS) is 15.0. The fourth-order valence-electron chi connectivity index (χ4n) is 2.49. The molecule has 1 aromatic heterocycles. The second kappa shape index (κ2) is 7.24.